The van der Waals surface area contributed by atoms with Crippen LogP contribution in [0.15, 0.2) is 41.2 Å². The molecule has 2 bridgehead atoms. The number of methoxy groups -OCH3 is 3. The predicted molar refractivity (Wildman–Crippen MR) is 158 cm³/mol. The van der Waals surface area contributed by atoms with Gasteiger partial charge in [0, 0.05) is 19.0 Å². The topological polar surface area (TPSA) is 115 Å². The quantitative estimate of drug-likeness (QED) is 0.397. The van der Waals surface area contributed by atoms with Crippen LogP contribution in [0.3, 0.4) is 0 Å². The minimum absolute atomic E-state index is 0.149. The summed E-state index contributed by atoms with van der Waals surface area (Å²) in [4.78, 5) is 38.7. The number of rotatable bonds is 9. The van der Waals surface area contributed by atoms with Gasteiger partial charge in [-0.2, -0.15) is 0 Å². The molecule has 3 N–H and O–H groups in total. The van der Waals surface area contributed by atoms with E-state index in [1.165, 1.54) is 13.3 Å². The Hall–Kier alpha value is -4.01. The minimum atomic E-state index is -0.614. The van der Waals surface area contributed by atoms with E-state index in [0.29, 0.717) is 65.6 Å². The van der Waals surface area contributed by atoms with E-state index in [2.05, 4.69) is 28.1 Å². The van der Waals surface area contributed by atoms with Gasteiger partial charge < -0.3 is 30.2 Å². The summed E-state index contributed by atoms with van der Waals surface area (Å²) in [7, 11) is 4.69. The Morgan fingerprint density at radius 3 is 2.44 bits per heavy atom. The zero-order valence-corrected chi connectivity index (χ0v) is 24.3. The number of benzene rings is 1. The van der Waals surface area contributed by atoms with Gasteiger partial charge in [0.25, 0.3) is 0 Å². The number of aryl methyl sites for hydroxylation is 1. The Morgan fingerprint density at radius 2 is 1.80 bits per heavy atom. The van der Waals surface area contributed by atoms with Crippen molar-refractivity contribution >= 4 is 17.5 Å². The zero-order chi connectivity index (χ0) is 29.3. The first-order valence-electron chi connectivity index (χ1n) is 14.2. The number of nitrogens with one attached hydrogen (secondary N) is 3. The number of allylic oxidation sites excluding steroid dienone is 2. The molecule has 0 radical (unpaired) electrons. The molecule has 5 rings (SSSR count). The van der Waals surface area contributed by atoms with Gasteiger partial charge in [0.15, 0.2) is 11.5 Å². The SMILES string of the molecule is COc1cc2c(c(OC)c1OC)-c1ccc(N[C@H](C)C(=O)NC[C@H]3C[C@H]4C=C[C@H]3C4)c(=O)cc1[C@@H](NC(C)=O)CC2. The first-order valence-corrected chi connectivity index (χ1v) is 14.2. The maximum atomic E-state index is 13.5. The van der Waals surface area contributed by atoms with Crippen molar-refractivity contribution in [2.24, 2.45) is 17.8 Å². The highest BCUT2D eigenvalue weighted by atomic mass is 16.5. The largest absolute Gasteiger partial charge is 0.493 e. The van der Waals surface area contributed by atoms with E-state index >= 15 is 0 Å². The third kappa shape index (κ3) is 5.62. The summed E-state index contributed by atoms with van der Waals surface area (Å²) >= 11 is 0. The summed E-state index contributed by atoms with van der Waals surface area (Å²) in [5.41, 5.74) is 3.16. The van der Waals surface area contributed by atoms with Gasteiger partial charge in [0.2, 0.25) is 23.0 Å². The Kier molecular flexibility index (Phi) is 8.24. The molecule has 0 spiro atoms. The normalized spacial score (nSPS) is 22.6. The van der Waals surface area contributed by atoms with Gasteiger partial charge in [-0.3, -0.25) is 14.4 Å². The number of fused-ring (bicyclic) bond motifs is 5. The van der Waals surface area contributed by atoms with Crippen molar-refractivity contribution in [1.82, 2.24) is 10.6 Å². The van der Waals surface area contributed by atoms with E-state index in [4.69, 9.17) is 14.2 Å². The summed E-state index contributed by atoms with van der Waals surface area (Å²) in [5, 5.41) is 9.21. The minimum Gasteiger partial charge on any atom is -0.493 e. The first kappa shape index (κ1) is 28.5. The molecule has 0 aliphatic heterocycles. The summed E-state index contributed by atoms with van der Waals surface area (Å²) in [6, 6.07) is 5.99. The second kappa shape index (κ2) is 11.8. The Balaban J connectivity index is 1.49. The fourth-order valence-electron chi connectivity index (χ4n) is 6.64. The number of carbonyl (C=O) groups is 2. The van der Waals surface area contributed by atoms with Crippen molar-refractivity contribution in [1.29, 1.82) is 0 Å². The van der Waals surface area contributed by atoms with Gasteiger partial charge in [-0.1, -0.05) is 18.2 Å². The number of anilines is 1. The van der Waals surface area contributed by atoms with Crippen LogP contribution >= 0.6 is 0 Å². The molecule has 0 saturated heterocycles. The fraction of sp³-hybridized carbons (Fsp3) is 0.469. The van der Waals surface area contributed by atoms with E-state index in [9.17, 15) is 14.4 Å². The van der Waals surface area contributed by atoms with Crippen LogP contribution in [0.4, 0.5) is 5.69 Å². The molecule has 2 aromatic carbocycles. The lowest BCUT2D eigenvalue weighted by Gasteiger charge is -2.20. The maximum absolute atomic E-state index is 13.5. The van der Waals surface area contributed by atoms with Crippen LogP contribution in [0.25, 0.3) is 11.1 Å². The van der Waals surface area contributed by atoms with Crippen molar-refractivity contribution in [3.8, 4) is 28.4 Å². The Morgan fingerprint density at radius 1 is 1.02 bits per heavy atom. The van der Waals surface area contributed by atoms with Crippen molar-refractivity contribution in [3.63, 3.8) is 0 Å². The summed E-state index contributed by atoms with van der Waals surface area (Å²) in [6.45, 7) is 3.85. The number of hydrogen-bond donors (Lipinski definition) is 3. The average Bonchev–Trinajstić information content (AvgIpc) is 3.51. The molecule has 0 unspecified atom stereocenters. The molecule has 1 saturated carbocycles. The van der Waals surface area contributed by atoms with E-state index in [1.807, 2.05) is 12.1 Å². The van der Waals surface area contributed by atoms with Crippen LogP contribution in [0.2, 0.25) is 0 Å². The molecule has 3 aliphatic rings. The van der Waals surface area contributed by atoms with Crippen LogP contribution in [0.5, 0.6) is 17.2 Å². The number of amides is 2. The van der Waals surface area contributed by atoms with Gasteiger partial charge in [-0.15, -0.1) is 0 Å². The molecule has 3 aliphatic carbocycles. The van der Waals surface area contributed by atoms with Crippen molar-refractivity contribution in [2.45, 2.75) is 51.6 Å². The van der Waals surface area contributed by atoms with E-state index in [-0.39, 0.29) is 17.2 Å². The van der Waals surface area contributed by atoms with Crippen molar-refractivity contribution in [3.05, 3.63) is 57.8 Å². The smallest absolute Gasteiger partial charge is 0.242 e. The van der Waals surface area contributed by atoms with Gasteiger partial charge in [-0.25, -0.2) is 0 Å². The average molecular weight is 562 g/mol. The standard InChI is InChI=1S/C32H39N3O6/c1-17(32(38)33-16-22-13-19-6-7-20(22)12-19)34-26-11-9-23-24(15-27(26)37)25(35-18(2)36)10-8-21-14-28(39-3)30(40-4)31(41-5)29(21)23/h6-7,9,11,14-15,17,19-20,22,25H,8,10,12-13,16H2,1-5H3,(H,33,38)(H,34,37)(H,35,36)/t17-,19+,20+,22-,25+/m1/s1. The highest BCUT2D eigenvalue weighted by molar-refractivity contribution is 5.85. The highest BCUT2D eigenvalue weighted by Gasteiger charge is 2.36. The molecule has 1 fully saturated rings. The Labute approximate surface area is 240 Å². The van der Waals surface area contributed by atoms with E-state index in [1.54, 1.807) is 40.4 Å². The monoisotopic (exact) mass is 561 g/mol. The molecular weight excluding hydrogens is 522 g/mol. The van der Waals surface area contributed by atoms with Crippen molar-refractivity contribution in [2.75, 3.05) is 33.2 Å². The second-order valence-electron chi connectivity index (χ2n) is 11.2. The fourth-order valence-corrected chi connectivity index (χ4v) is 6.64. The molecule has 2 aromatic rings. The molecule has 5 atom stereocenters. The van der Waals surface area contributed by atoms with Crippen LogP contribution in [-0.2, 0) is 16.0 Å². The molecule has 9 nitrogen and oxygen atoms in total. The number of hydrogen-bond acceptors (Lipinski definition) is 7. The summed E-state index contributed by atoms with van der Waals surface area (Å²) in [6.07, 6.45) is 8.05. The van der Waals surface area contributed by atoms with Crippen LogP contribution in [-0.4, -0.2) is 45.7 Å². The third-order valence-corrected chi connectivity index (χ3v) is 8.64. The third-order valence-electron chi connectivity index (χ3n) is 8.64. The summed E-state index contributed by atoms with van der Waals surface area (Å²) in [5.74, 6) is 2.80. The maximum Gasteiger partial charge on any atom is 0.242 e. The van der Waals surface area contributed by atoms with Gasteiger partial charge in [0.05, 0.1) is 33.1 Å². The molecule has 0 aromatic heterocycles. The van der Waals surface area contributed by atoms with Gasteiger partial charge >= 0.3 is 0 Å². The van der Waals surface area contributed by atoms with Gasteiger partial charge in [0.1, 0.15) is 6.04 Å². The zero-order valence-electron chi connectivity index (χ0n) is 24.3. The molecule has 218 valence electrons. The lowest BCUT2D eigenvalue weighted by Crippen LogP contribution is -2.41. The molecule has 41 heavy (non-hydrogen) atoms. The van der Waals surface area contributed by atoms with Crippen LogP contribution in [0, 0.1) is 17.8 Å². The van der Waals surface area contributed by atoms with Crippen molar-refractivity contribution < 1.29 is 23.8 Å². The second-order valence-corrected chi connectivity index (χ2v) is 11.2. The number of carbonyl (C=O) groups excluding carboxylic acids is 2. The first-order chi connectivity index (χ1) is 19.7. The Bertz CT molecular complexity index is 1440. The van der Waals surface area contributed by atoms with E-state index in [0.717, 1.165) is 23.1 Å². The highest BCUT2D eigenvalue weighted by Crippen LogP contribution is 2.50. The molecule has 9 heteroatoms. The van der Waals surface area contributed by atoms with Crippen LogP contribution < -0.4 is 35.6 Å². The van der Waals surface area contributed by atoms with Crippen LogP contribution in [0.1, 0.15) is 50.3 Å². The number of ether oxygens (including phenoxy) is 3. The molecule has 2 amide bonds. The predicted octanol–water partition coefficient (Wildman–Crippen LogP) is 3.99. The van der Waals surface area contributed by atoms with Gasteiger partial charge in [-0.05, 0) is 85.3 Å². The van der Waals surface area contributed by atoms with E-state index < -0.39 is 12.1 Å². The molecular formula is C32H39N3O6. The summed E-state index contributed by atoms with van der Waals surface area (Å²) < 4.78 is 17.1. The lowest BCUT2D eigenvalue weighted by molar-refractivity contribution is -0.122. The molecule has 0 heterocycles. The lowest BCUT2D eigenvalue weighted by atomic mass is 9.93.